The molecule has 128 valence electrons. The second-order valence-electron chi connectivity index (χ2n) is 5.01. The zero-order valence-electron chi connectivity index (χ0n) is 12.4. The standard InChI is InChI=1S/C13H19N3O6S/c14-3-1-2-4-15-5-7-16(8-6-15)13(23)22-12(21)10(18)9(17)11(19)20/h9-10,17-18H,1-2,4-8H2,(H,19,20). The number of carboxylic acid groups (broad SMARTS) is 1. The molecule has 10 heteroatoms. The number of aliphatic hydroxyl groups excluding tert-OH is 2. The number of aliphatic carboxylic acids is 1. The molecular weight excluding hydrogens is 326 g/mol. The Kier molecular flexibility index (Phi) is 7.84. The fourth-order valence-corrected chi connectivity index (χ4v) is 2.28. The number of hydrogen-bond donors (Lipinski definition) is 3. The minimum absolute atomic E-state index is 0.164. The Morgan fingerprint density at radius 2 is 1.83 bits per heavy atom. The van der Waals surface area contributed by atoms with Crippen molar-refractivity contribution in [3.63, 3.8) is 0 Å². The highest BCUT2D eigenvalue weighted by atomic mass is 32.1. The number of carbonyl (C=O) groups excluding carboxylic acids is 1. The molecule has 0 radical (unpaired) electrons. The number of carbonyl (C=O) groups is 2. The van der Waals surface area contributed by atoms with E-state index in [1.54, 1.807) is 4.90 Å². The third-order valence-electron chi connectivity index (χ3n) is 3.37. The van der Waals surface area contributed by atoms with Crippen molar-refractivity contribution >= 4 is 29.3 Å². The molecule has 0 saturated carbocycles. The normalized spacial score (nSPS) is 17.9. The fourth-order valence-electron chi connectivity index (χ4n) is 2.01. The van der Waals surface area contributed by atoms with Gasteiger partial charge in [0.25, 0.3) is 5.17 Å². The maximum atomic E-state index is 11.5. The first kappa shape index (κ1) is 19.2. The lowest BCUT2D eigenvalue weighted by Gasteiger charge is -2.35. The highest BCUT2D eigenvalue weighted by Gasteiger charge is 2.33. The van der Waals surface area contributed by atoms with Crippen LogP contribution in [0.4, 0.5) is 0 Å². The second-order valence-corrected chi connectivity index (χ2v) is 5.35. The summed E-state index contributed by atoms with van der Waals surface area (Å²) in [5.41, 5.74) is 0. The number of ether oxygens (including phenoxy) is 1. The molecular formula is C13H19N3O6S. The average Bonchev–Trinajstić information content (AvgIpc) is 2.54. The first-order chi connectivity index (χ1) is 10.9. The van der Waals surface area contributed by atoms with Crippen LogP contribution < -0.4 is 0 Å². The van der Waals surface area contributed by atoms with Crippen LogP contribution in [0.3, 0.4) is 0 Å². The van der Waals surface area contributed by atoms with Gasteiger partial charge in [-0.05, 0) is 25.2 Å². The van der Waals surface area contributed by atoms with Crippen molar-refractivity contribution in [3.8, 4) is 6.07 Å². The Morgan fingerprint density at radius 1 is 1.22 bits per heavy atom. The molecule has 0 aliphatic carbocycles. The zero-order chi connectivity index (χ0) is 17.4. The van der Waals surface area contributed by atoms with Crippen LogP contribution in [0.25, 0.3) is 0 Å². The summed E-state index contributed by atoms with van der Waals surface area (Å²) in [5, 5.41) is 35.3. The summed E-state index contributed by atoms with van der Waals surface area (Å²) in [6, 6.07) is 2.08. The molecule has 0 amide bonds. The number of esters is 1. The van der Waals surface area contributed by atoms with Crippen LogP contribution in [0, 0.1) is 11.3 Å². The number of piperazine rings is 1. The molecule has 1 saturated heterocycles. The molecule has 1 heterocycles. The largest absolute Gasteiger partial charge is 0.479 e. The van der Waals surface area contributed by atoms with E-state index in [1.807, 2.05) is 0 Å². The molecule has 0 aromatic heterocycles. The number of nitrogens with zero attached hydrogens (tertiary/aromatic N) is 3. The Labute approximate surface area is 138 Å². The number of nitriles is 1. The molecule has 1 aliphatic rings. The van der Waals surface area contributed by atoms with Crippen molar-refractivity contribution in [3.05, 3.63) is 0 Å². The number of rotatable bonds is 6. The van der Waals surface area contributed by atoms with Crippen LogP contribution in [0.2, 0.25) is 0 Å². The Hall–Kier alpha value is -1.80. The van der Waals surface area contributed by atoms with E-state index >= 15 is 0 Å². The summed E-state index contributed by atoms with van der Waals surface area (Å²) in [6.07, 6.45) is -3.17. The van der Waals surface area contributed by atoms with Gasteiger partial charge < -0.3 is 25.0 Å². The van der Waals surface area contributed by atoms with Crippen molar-refractivity contribution in [2.24, 2.45) is 0 Å². The van der Waals surface area contributed by atoms with Gasteiger partial charge in [0.15, 0.2) is 12.2 Å². The van der Waals surface area contributed by atoms with E-state index < -0.39 is 24.1 Å². The quantitative estimate of drug-likeness (QED) is 0.298. The van der Waals surface area contributed by atoms with E-state index in [0.717, 1.165) is 13.0 Å². The number of carboxylic acids is 1. The summed E-state index contributed by atoms with van der Waals surface area (Å²) >= 11 is 4.95. The van der Waals surface area contributed by atoms with E-state index in [4.69, 9.17) is 32.4 Å². The molecule has 1 fully saturated rings. The van der Waals surface area contributed by atoms with E-state index in [2.05, 4.69) is 11.0 Å². The predicted molar refractivity (Wildman–Crippen MR) is 81.2 cm³/mol. The van der Waals surface area contributed by atoms with Gasteiger partial charge in [-0.3, -0.25) is 4.90 Å². The topological polar surface area (TPSA) is 134 Å². The maximum Gasteiger partial charge on any atom is 0.345 e. The van der Waals surface area contributed by atoms with Crippen LogP contribution in [0.1, 0.15) is 12.8 Å². The molecule has 2 atom stereocenters. The Bertz CT molecular complexity index is 487. The van der Waals surface area contributed by atoms with Gasteiger partial charge in [-0.2, -0.15) is 5.26 Å². The van der Waals surface area contributed by atoms with Crippen molar-refractivity contribution in [2.45, 2.75) is 25.0 Å². The average molecular weight is 345 g/mol. The van der Waals surface area contributed by atoms with Gasteiger partial charge in [-0.25, -0.2) is 9.59 Å². The van der Waals surface area contributed by atoms with E-state index in [1.165, 1.54) is 0 Å². The minimum atomic E-state index is -2.26. The molecule has 1 aliphatic heterocycles. The lowest BCUT2D eigenvalue weighted by Crippen LogP contribution is -2.50. The molecule has 2 unspecified atom stereocenters. The van der Waals surface area contributed by atoms with E-state index in [9.17, 15) is 14.7 Å². The third-order valence-corrected chi connectivity index (χ3v) is 3.72. The van der Waals surface area contributed by atoms with Crippen molar-refractivity contribution in [2.75, 3.05) is 32.7 Å². The fraction of sp³-hybridized carbons (Fsp3) is 0.692. The lowest BCUT2D eigenvalue weighted by molar-refractivity contribution is -0.165. The molecule has 1 rings (SSSR count). The third kappa shape index (κ3) is 6.07. The number of aliphatic hydroxyl groups is 2. The molecule has 0 aromatic carbocycles. The van der Waals surface area contributed by atoms with Gasteiger partial charge in [0, 0.05) is 32.6 Å². The van der Waals surface area contributed by atoms with Gasteiger partial charge in [0.1, 0.15) is 0 Å². The zero-order valence-corrected chi connectivity index (χ0v) is 13.2. The van der Waals surface area contributed by atoms with Crippen LogP contribution >= 0.6 is 12.2 Å². The maximum absolute atomic E-state index is 11.5. The molecule has 0 bridgehead atoms. The van der Waals surface area contributed by atoms with Gasteiger partial charge in [-0.1, -0.05) is 0 Å². The SMILES string of the molecule is N#CCCCN1CCN(C(=S)OC(=O)C(O)C(O)C(=O)O)CC1. The Morgan fingerprint density at radius 3 is 2.35 bits per heavy atom. The molecule has 9 nitrogen and oxygen atoms in total. The van der Waals surface area contributed by atoms with Crippen LogP contribution in [0.15, 0.2) is 0 Å². The molecule has 23 heavy (non-hydrogen) atoms. The minimum Gasteiger partial charge on any atom is -0.479 e. The molecule has 0 spiro atoms. The van der Waals surface area contributed by atoms with E-state index in [-0.39, 0.29) is 5.17 Å². The van der Waals surface area contributed by atoms with Gasteiger partial charge in [-0.15, -0.1) is 0 Å². The molecule has 3 N–H and O–H groups in total. The number of hydrogen-bond acceptors (Lipinski definition) is 8. The summed E-state index contributed by atoms with van der Waals surface area (Å²) in [7, 11) is 0. The van der Waals surface area contributed by atoms with Crippen LogP contribution in [-0.4, -0.2) is 87.2 Å². The van der Waals surface area contributed by atoms with Crippen molar-refractivity contribution in [1.29, 1.82) is 5.26 Å². The smallest absolute Gasteiger partial charge is 0.345 e. The monoisotopic (exact) mass is 345 g/mol. The Balaban J connectivity index is 2.38. The van der Waals surface area contributed by atoms with Gasteiger partial charge in [0.05, 0.1) is 6.07 Å². The van der Waals surface area contributed by atoms with Crippen molar-refractivity contribution < 1.29 is 29.6 Å². The second kappa shape index (κ2) is 9.36. The van der Waals surface area contributed by atoms with Gasteiger partial charge in [0.2, 0.25) is 0 Å². The van der Waals surface area contributed by atoms with E-state index in [0.29, 0.717) is 32.6 Å². The predicted octanol–water partition coefficient (Wildman–Crippen LogP) is -1.46. The highest BCUT2D eigenvalue weighted by molar-refractivity contribution is 7.80. The summed E-state index contributed by atoms with van der Waals surface area (Å²) in [6.45, 7) is 3.19. The number of thiocarbonyl (C=S) groups is 1. The highest BCUT2D eigenvalue weighted by Crippen LogP contribution is 2.07. The number of unbranched alkanes of at least 4 members (excludes halogenated alkanes) is 1. The summed E-state index contributed by atoms with van der Waals surface area (Å²) in [4.78, 5) is 25.8. The first-order valence-corrected chi connectivity index (χ1v) is 7.46. The van der Waals surface area contributed by atoms with Crippen LogP contribution in [0.5, 0.6) is 0 Å². The first-order valence-electron chi connectivity index (χ1n) is 7.05. The molecule has 0 aromatic rings. The lowest BCUT2D eigenvalue weighted by atomic mass is 10.2. The van der Waals surface area contributed by atoms with Gasteiger partial charge >= 0.3 is 11.9 Å². The summed E-state index contributed by atoms with van der Waals surface area (Å²) in [5.74, 6) is -3.03. The van der Waals surface area contributed by atoms with Crippen molar-refractivity contribution in [1.82, 2.24) is 9.80 Å². The van der Waals surface area contributed by atoms with Crippen LogP contribution in [-0.2, 0) is 14.3 Å². The summed E-state index contributed by atoms with van der Waals surface area (Å²) < 4.78 is 4.74.